The van der Waals surface area contributed by atoms with Crippen molar-refractivity contribution in [2.24, 2.45) is 5.92 Å². The summed E-state index contributed by atoms with van der Waals surface area (Å²) in [5.41, 5.74) is 3.06. The third-order valence-corrected chi connectivity index (χ3v) is 3.45. The van der Waals surface area contributed by atoms with E-state index in [9.17, 15) is 9.90 Å². The zero-order chi connectivity index (χ0) is 14.4. The summed E-state index contributed by atoms with van der Waals surface area (Å²) in [6.07, 6.45) is 5.37. The normalized spacial score (nSPS) is 17.4. The zero-order valence-corrected chi connectivity index (χ0v) is 12.1. The molecule has 0 fully saturated rings. The summed E-state index contributed by atoms with van der Waals surface area (Å²) in [6.45, 7) is 10.5. The van der Waals surface area contributed by atoms with Crippen molar-refractivity contribution in [3.8, 4) is 0 Å². The number of esters is 1. The predicted molar refractivity (Wildman–Crippen MR) is 76.6 cm³/mol. The number of cyclic esters (lactones) is 1. The fourth-order valence-corrected chi connectivity index (χ4v) is 1.82. The average molecular weight is 264 g/mol. The molecular weight excluding hydrogens is 240 g/mol. The molecule has 19 heavy (non-hydrogen) atoms. The maximum Gasteiger partial charge on any atom is 0.331 e. The molecule has 1 unspecified atom stereocenters. The molecule has 0 bridgehead atoms. The van der Waals surface area contributed by atoms with Crippen molar-refractivity contribution in [1.29, 1.82) is 0 Å². The predicted octanol–water partition coefficient (Wildman–Crippen LogP) is 3.16. The minimum atomic E-state index is -0.453. The van der Waals surface area contributed by atoms with Gasteiger partial charge in [-0.2, -0.15) is 0 Å². The maximum atomic E-state index is 10.9. The second kappa shape index (κ2) is 7.29. The Bertz CT molecular complexity index is 402. The lowest BCUT2D eigenvalue weighted by molar-refractivity contribution is -0.134. The number of aliphatic hydroxyl groups is 1. The molecule has 1 aliphatic rings. The second-order valence-electron chi connectivity index (χ2n) is 5.43. The second-order valence-corrected chi connectivity index (χ2v) is 5.43. The van der Waals surface area contributed by atoms with E-state index in [1.165, 1.54) is 0 Å². The number of aliphatic hydroxyl groups excluding tert-OH is 1. The molecule has 0 amide bonds. The highest BCUT2D eigenvalue weighted by molar-refractivity contribution is 5.85. The lowest BCUT2D eigenvalue weighted by Crippen LogP contribution is -2.11. The van der Waals surface area contributed by atoms with Crippen LogP contribution in [0.5, 0.6) is 0 Å². The molecule has 3 heteroatoms. The van der Waals surface area contributed by atoms with Gasteiger partial charge in [0, 0.05) is 6.08 Å². The van der Waals surface area contributed by atoms with Crippen LogP contribution in [0, 0.1) is 5.92 Å². The first-order valence-corrected chi connectivity index (χ1v) is 6.78. The lowest BCUT2D eigenvalue weighted by atomic mass is 9.95. The number of hydrogen-bond acceptors (Lipinski definition) is 3. The zero-order valence-electron chi connectivity index (χ0n) is 12.1. The molecule has 0 aromatic rings. The van der Waals surface area contributed by atoms with Gasteiger partial charge in [-0.1, -0.05) is 32.1 Å². The highest BCUT2D eigenvalue weighted by atomic mass is 16.5. The summed E-state index contributed by atoms with van der Waals surface area (Å²) in [4.78, 5) is 10.9. The number of carbonyl (C=O) groups excluding carboxylic acids is 1. The van der Waals surface area contributed by atoms with E-state index >= 15 is 0 Å². The van der Waals surface area contributed by atoms with Crippen LogP contribution >= 0.6 is 0 Å². The molecule has 0 aliphatic carbocycles. The Morgan fingerprint density at radius 1 is 1.58 bits per heavy atom. The van der Waals surface area contributed by atoms with Gasteiger partial charge in [0.15, 0.2) is 0 Å². The van der Waals surface area contributed by atoms with Crippen molar-refractivity contribution < 1.29 is 14.6 Å². The highest BCUT2D eigenvalue weighted by Gasteiger charge is 2.13. The Labute approximate surface area is 115 Å². The molecular formula is C16H24O3. The van der Waals surface area contributed by atoms with Crippen molar-refractivity contribution in [3.05, 3.63) is 35.5 Å². The van der Waals surface area contributed by atoms with Gasteiger partial charge in [0.2, 0.25) is 0 Å². The van der Waals surface area contributed by atoms with Gasteiger partial charge >= 0.3 is 5.97 Å². The lowest BCUT2D eigenvalue weighted by Gasteiger charge is -2.15. The Hall–Kier alpha value is -1.35. The van der Waals surface area contributed by atoms with Gasteiger partial charge < -0.3 is 9.84 Å². The number of allylic oxidation sites excluding steroid dienone is 1. The molecule has 3 nitrogen and oxygen atoms in total. The number of rotatable bonds is 7. The fraction of sp³-hybridized carbons (Fsp3) is 0.562. The molecule has 1 aliphatic heterocycles. The van der Waals surface area contributed by atoms with E-state index in [-0.39, 0.29) is 5.97 Å². The van der Waals surface area contributed by atoms with E-state index in [1.807, 2.05) is 13.0 Å². The summed E-state index contributed by atoms with van der Waals surface area (Å²) in [6, 6.07) is 0. The van der Waals surface area contributed by atoms with Gasteiger partial charge in [-0.15, -0.1) is 0 Å². The quantitative estimate of drug-likeness (QED) is 0.567. The Balaban J connectivity index is 2.37. The van der Waals surface area contributed by atoms with Crippen LogP contribution in [0.1, 0.15) is 40.0 Å². The van der Waals surface area contributed by atoms with E-state index < -0.39 is 6.10 Å². The molecule has 1 atom stereocenters. The van der Waals surface area contributed by atoms with Gasteiger partial charge in [0.05, 0.1) is 6.10 Å². The third-order valence-electron chi connectivity index (χ3n) is 3.45. The van der Waals surface area contributed by atoms with Crippen LogP contribution in [0.2, 0.25) is 0 Å². The van der Waals surface area contributed by atoms with Gasteiger partial charge in [-0.25, -0.2) is 4.79 Å². The van der Waals surface area contributed by atoms with E-state index in [4.69, 9.17) is 4.74 Å². The Kier molecular flexibility index (Phi) is 6.03. The molecule has 0 aromatic heterocycles. The van der Waals surface area contributed by atoms with Crippen molar-refractivity contribution in [2.75, 3.05) is 6.61 Å². The van der Waals surface area contributed by atoms with Crippen LogP contribution in [0.3, 0.4) is 0 Å². The van der Waals surface area contributed by atoms with Crippen molar-refractivity contribution in [2.45, 2.75) is 46.1 Å². The monoisotopic (exact) mass is 264 g/mol. The first kappa shape index (κ1) is 15.7. The SMILES string of the molecule is C=C(CC(O)C(C)=CCCC1=CC(=O)OC1)C(C)C. The van der Waals surface area contributed by atoms with Crippen LogP contribution in [-0.4, -0.2) is 23.8 Å². The number of hydrogen-bond donors (Lipinski definition) is 1. The summed E-state index contributed by atoms with van der Waals surface area (Å²) in [5.74, 6) is 0.151. The van der Waals surface area contributed by atoms with Crippen LogP contribution in [0.25, 0.3) is 0 Å². The molecule has 0 spiro atoms. The van der Waals surface area contributed by atoms with E-state index in [1.54, 1.807) is 6.08 Å². The van der Waals surface area contributed by atoms with Crippen molar-refractivity contribution in [3.63, 3.8) is 0 Å². The third kappa shape index (κ3) is 5.43. The van der Waals surface area contributed by atoms with Crippen molar-refractivity contribution >= 4 is 5.97 Å². The van der Waals surface area contributed by atoms with Crippen LogP contribution in [-0.2, 0) is 9.53 Å². The van der Waals surface area contributed by atoms with Gasteiger partial charge in [0.25, 0.3) is 0 Å². The number of ether oxygens (including phenoxy) is 1. The van der Waals surface area contributed by atoms with Gasteiger partial charge in [-0.05, 0) is 43.3 Å². The first-order valence-electron chi connectivity index (χ1n) is 6.78. The molecule has 0 saturated heterocycles. The molecule has 1 N–H and O–H groups in total. The molecule has 0 saturated carbocycles. The van der Waals surface area contributed by atoms with E-state index in [0.29, 0.717) is 18.9 Å². The highest BCUT2D eigenvalue weighted by Crippen LogP contribution is 2.19. The van der Waals surface area contributed by atoms with Gasteiger partial charge in [0.1, 0.15) is 6.61 Å². The molecule has 0 radical (unpaired) electrons. The first-order chi connectivity index (χ1) is 8.90. The molecule has 0 aromatic carbocycles. The smallest absolute Gasteiger partial charge is 0.331 e. The summed E-state index contributed by atoms with van der Waals surface area (Å²) in [5, 5.41) is 10.0. The standard InChI is InChI=1S/C16H24O3/c1-11(2)13(4)8-15(17)12(3)6-5-7-14-9-16(18)19-10-14/h6,9,11,15,17H,4-5,7-8,10H2,1-3H3. The van der Waals surface area contributed by atoms with Crippen LogP contribution in [0.4, 0.5) is 0 Å². The Morgan fingerprint density at radius 3 is 2.79 bits per heavy atom. The van der Waals surface area contributed by atoms with E-state index in [0.717, 1.165) is 29.6 Å². The summed E-state index contributed by atoms with van der Waals surface area (Å²) < 4.78 is 4.84. The van der Waals surface area contributed by atoms with Gasteiger partial charge in [-0.3, -0.25) is 0 Å². The Morgan fingerprint density at radius 2 is 2.26 bits per heavy atom. The van der Waals surface area contributed by atoms with Crippen molar-refractivity contribution in [1.82, 2.24) is 0 Å². The average Bonchev–Trinajstić information content (AvgIpc) is 2.74. The summed E-state index contributed by atoms with van der Waals surface area (Å²) >= 11 is 0. The van der Waals surface area contributed by atoms with E-state index in [2.05, 4.69) is 20.4 Å². The van der Waals surface area contributed by atoms with Crippen LogP contribution < -0.4 is 0 Å². The number of carbonyl (C=O) groups is 1. The molecule has 1 rings (SSSR count). The van der Waals surface area contributed by atoms with Crippen LogP contribution in [0.15, 0.2) is 35.5 Å². The molecule has 106 valence electrons. The summed E-state index contributed by atoms with van der Waals surface area (Å²) in [7, 11) is 0. The fourth-order valence-electron chi connectivity index (χ4n) is 1.82. The molecule has 1 heterocycles. The topological polar surface area (TPSA) is 46.5 Å². The largest absolute Gasteiger partial charge is 0.458 e. The minimum absolute atomic E-state index is 0.246. The minimum Gasteiger partial charge on any atom is -0.458 e. The maximum absolute atomic E-state index is 10.9.